The summed E-state index contributed by atoms with van der Waals surface area (Å²) in [4.78, 5) is 22.8. The van der Waals surface area contributed by atoms with Gasteiger partial charge in [-0.15, -0.1) is 0 Å². The van der Waals surface area contributed by atoms with Crippen molar-refractivity contribution in [3.05, 3.63) is 156 Å². The number of rotatable bonds is 10. The van der Waals surface area contributed by atoms with Gasteiger partial charge in [-0.3, -0.25) is 0 Å². The molecule has 0 unspecified atom stereocenters. The van der Waals surface area contributed by atoms with Crippen LogP contribution in [0.25, 0.3) is 36.5 Å². The molecule has 0 radical (unpaired) electrons. The van der Waals surface area contributed by atoms with Crippen LogP contribution in [0.15, 0.2) is 116 Å². The van der Waals surface area contributed by atoms with Crippen LogP contribution in [-0.2, 0) is 9.59 Å². The van der Waals surface area contributed by atoms with E-state index >= 15 is 0 Å². The molecule has 0 aromatic heterocycles. The van der Waals surface area contributed by atoms with E-state index in [4.69, 9.17) is 9.47 Å². The van der Waals surface area contributed by atoms with Crippen molar-refractivity contribution >= 4 is 48.4 Å². The first-order chi connectivity index (χ1) is 19.9. The smallest absolute Gasteiger partial charge is 0.335 e. The molecule has 0 aliphatic carbocycles. The maximum absolute atomic E-state index is 14.8. The van der Waals surface area contributed by atoms with Crippen molar-refractivity contribution in [3.8, 4) is 11.5 Å². The molecule has 4 aromatic carbocycles. The van der Waals surface area contributed by atoms with E-state index in [1.54, 1.807) is 48.6 Å². The van der Waals surface area contributed by atoms with Crippen LogP contribution in [-0.4, -0.2) is 11.9 Å². The highest BCUT2D eigenvalue weighted by molar-refractivity contribution is 5.84. The van der Waals surface area contributed by atoms with Gasteiger partial charge in [0, 0.05) is 17.7 Å². The third kappa shape index (κ3) is 8.73. The number of esters is 2. The summed E-state index contributed by atoms with van der Waals surface area (Å²) in [5, 5.41) is 0. The molecule has 0 bridgehead atoms. The van der Waals surface area contributed by atoms with Crippen molar-refractivity contribution in [2.75, 3.05) is 0 Å². The average molecular weight is 543 g/mol. The molecule has 5 heteroatoms. The van der Waals surface area contributed by atoms with Gasteiger partial charge >= 0.3 is 11.9 Å². The molecule has 0 aliphatic heterocycles. The normalized spacial score (nSPS) is 11.1. The van der Waals surface area contributed by atoms with Gasteiger partial charge in [0.05, 0.1) is 0 Å². The number of halogens is 1. The summed E-state index contributed by atoms with van der Waals surface area (Å²) >= 11 is 0. The van der Waals surface area contributed by atoms with Crippen LogP contribution in [0.5, 0.6) is 11.5 Å². The quantitative estimate of drug-likeness (QED) is 0.0872. The molecule has 0 aliphatic rings. The molecule has 41 heavy (non-hydrogen) atoms. The fraction of sp³-hybridized carbons (Fsp3) is 0. The Bertz CT molecular complexity index is 1660. The summed E-state index contributed by atoms with van der Waals surface area (Å²) in [6.45, 7) is 6.78. The lowest BCUT2D eigenvalue weighted by Gasteiger charge is -2.03. The van der Waals surface area contributed by atoms with Gasteiger partial charge in [-0.05, 0) is 58.1 Å². The third-order valence-corrected chi connectivity index (χ3v) is 5.84. The first-order valence-electron chi connectivity index (χ1n) is 12.7. The third-order valence-electron chi connectivity index (χ3n) is 5.84. The van der Waals surface area contributed by atoms with Crippen molar-refractivity contribution in [2.24, 2.45) is 0 Å². The van der Waals surface area contributed by atoms with Gasteiger partial charge < -0.3 is 9.47 Å². The zero-order valence-corrected chi connectivity index (χ0v) is 22.2. The lowest BCUT2D eigenvalue weighted by molar-refractivity contribution is -0.129. The van der Waals surface area contributed by atoms with E-state index in [9.17, 15) is 14.0 Å². The molecule has 4 rings (SSSR count). The second-order valence-electron chi connectivity index (χ2n) is 8.84. The van der Waals surface area contributed by atoms with Gasteiger partial charge in [0.2, 0.25) is 0 Å². The predicted octanol–water partition coefficient (Wildman–Crippen LogP) is 8.52. The van der Waals surface area contributed by atoms with E-state index in [2.05, 4.69) is 13.2 Å². The Morgan fingerprint density at radius 2 is 0.951 bits per heavy atom. The summed E-state index contributed by atoms with van der Waals surface area (Å²) in [5.41, 5.74) is 4.81. The number of carbonyl (C=O) groups excluding carboxylic acids is 2. The molecule has 0 amide bonds. The van der Waals surface area contributed by atoms with E-state index < -0.39 is 11.9 Å². The lowest BCUT2D eigenvalue weighted by atomic mass is 10.1. The molecule has 0 atom stereocenters. The SMILES string of the molecule is C=CC(=O)Oc1cccc(C=Cc2ccc(C=Cc3ccc(C=Cc4cccc(OC(=O)C=C)c4)c(F)c3)cc2)c1. The largest absolute Gasteiger partial charge is 0.423 e. The van der Waals surface area contributed by atoms with Gasteiger partial charge in [0.1, 0.15) is 17.3 Å². The molecule has 0 fully saturated rings. The fourth-order valence-electron chi connectivity index (χ4n) is 3.75. The molecular formula is C36H27FO4. The summed E-state index contributed by atoms with van der Waals surface area (Å²) in [6.07, 6.45) is 13.3. The molecule has 0 heterocycles. The van der Waals surface area contributed by atoms with Crippen LogP contribution in [0.2, 0.25) is 0 Å². The first-order valence-corrected chi connectivity index (χ1v) is 12.7. The Balaban J connectivity index is 1.37. The van der Waals surface area contributed by atoms with E-state index in [1.807, 2.05) is 72.8 Å². The summed E-state index contributed by atoms with van der Waals surface area (Å²) in [5.74, 6) is -0.543. The summed E-state index contributed by atoms with van der Waals surface area (Å²) in [7, 11) is 0. The Labute approximate surface area is 238 Å². The maximum atomic E-state index is 14.8. The zero-order chi connectivity index (χ0) is 29.0. The second kappa shape index (κ2) is 14.0. The maximum Gasteiger partial charge on any atom is 0.335 e. The van der Waals surface area contributed by atoms with Crippen molar-refractivity contribution in [1.29, 1.82) is 0 Å². The van der Waals surface area contributed by atoms with Crippen molar-refractivity contribution < 1.29 is 23.5 Å². The van der Waals surface area contributed by atoms with Crippen molar-refractivity contribution in [2.45, 2.75) is 0 Å². The Morgan fingerprint density at radius 3 is 1.41 bits per heavy atom. The molecule has 0 saturated carbocycles. The predicted molar refractivity (Wildman–Crippen MR) is 164 cm³/mol. The number of hydrogen-bond donors (Lipinski definition) is 0. The van der Waals surface area contributed by atoms with Crippen molar-refractivity contribution in [1.82, 2.24) is 0 Å². The lowest BCUT2D eigenvalue weighted by Crippen LogP contribution is -2.02. The highest BCUT2D eigenvalue weighted by Crippen LogP contribution is 2.20. The first kappa shape index (κ1) is 28.5. The van der Waals surface area contributed by atoms with Crippen molar-refractivity contribution in [3.63, 3.8) is 0 Å². The highest BCUT2D eigenvalue weighted by atomic mass is 19.1. The minimum absolute atomic E-state index is 0.346. The highest BCUT2D eigenvalue weighted by Gasteiger charge is 2.03. The van der Waals surface area contributed by atoms with Gasteiger partial charge in [-0.25, -0.2) is 14.0 Å². The van der Waals surface area contributed by atoms with E-state index in [0.29, 0.717) is 17.1 Å². The Morgan fingerprint density at radius 1 is 0.537 bits per heavy atom. The van der Waals surface area contributed by atoms with E-state index in [1.165, 1.54) is 6.07 Å². The van der Waals surface area contributed by atoms with Crippen LogP contribution in [0.1, 0.15) is 33.4 Å². The minimum Gasteiger partial charge on any atom is -0.423 e. The average Bonchev–Trinajstić information content (AvgIpc) is 2.99. The Kier molecular flexibility index (Phi) is 9.73. The van der Waals surface area contributed by atoms with Crippen LogP contribution < -0.4 is 9.47 Å². The van der Waals surface area contributed by atoms with E-state index in [-0.39, 0.29) is 5.82 Å². The van der Waals surface area contributed by atoms with Crippen LogP contribution in [0.4, 0.5) is 4.39 Å². The van der Waals surface area contributed by atoms with Gasteiger partial charge in [-0.1, -0.05) is 110 Å². The number of ether oxygens (including phenoxy) is 2. The van der Waals surface area contributed by atoms with Crippen LogP contribution in [0, 0.1) is 5.82 Å². The monoisotopic (exact) mass is 542 g/mol. The molecular weight excluding hydrogens is 515 g/mol. The summed E-state index contributed by atoms with van der Waals surface area (Å²) < 4.78 is 25.0. The van der Waals surface area contributed by atoms with Gasteiger partial charge in [0.15, 0.2) is 0 Å². The summed E-state index contributed by atoms with van der Waals surface area (Å²) in [6, 6.07) is 27.1. The Hall–Kier alpha value is -5.55. The molecule has 0 N–H and O–H groups in total. The molecule has 4 nitrogen and oxygen atoms in total. The standard InChI is InChI=1S/C36H27FO4/c1-3-35(38)40-32-9-5-7-28(23-32)17-15-26-11-13-27(14-12-26)16-18-30-20-22-31(34(37)25-30)21-19-29-8-6-10-33(24-29)41-36(39)4-2/h3-25H,1-2H2. The van der Waals surface area contributed by atoms with Gasteiger partial charge in [0.25, 0.3) is 0 Å². The second-order valence-corrected chi connectivity index (χ2v) is 8.84. The number of benzene rings is 4. The fourth-order valence-corrected chi connectivity index (χ4v) is 3.75. The molecule has 0 spiro atoms. The van der Waals surface area contributed by atoms with Crippen LogP contribution in [0.3, 0.4) is 0 Å². The number of hydrogen-bond acceptors (Lipinski definition) is 4. The molecule has 202 valence electrons. The molecule has 0 saturated heterocycles. The van der Waals surface area contributed by atoms with Crippen LogP contribution >= 0.6 is 0 Å². The number of carbonyl (C=O) groups is 2. The van der Waals surface area contributed by atoms with Gasteiger partial charge in [-0.2, -0.15) is 0 Å². The molecule has 4 aromatic rings. The minimum atomic E-state index is -0.540. The zero-order valence-electron chi connectivity index (χ0n) is 22.2. The van der Waals surface area contributed by atoms with E-state index in [0.717, 1.165) is 40.0 Å². The topological polar surface area (TPSA) is 52.6 Å².